The van der Waals surface area contributed by atoms with E-state index in [1.165, 1.54) is 6.92 Å². The molecule has 0 saturated carbocycles. The number of nitrogens with one attached hydrogen (secondary N) is 1. The van der Waals surface area contributed by atoms with E-state index < -0.39 is 18.1 Å². The predicted octanol–water partition coefficient (Wildman–Crippen LogP) is -0.198. The molecule has 56 valence electrons. The third-order valence-electron chi connectivity index (χ3n) is 1.53. The van der Waals surface area contributed by atoms with E-state index in [-0.39, 0.29) is 12.2 Å². The van der Waals surface area contributed by atoms with Crippen molar-refractivity contribution in [3.63, 3.8) is 0 Å². The quantitative estimate of drug-likeness (QED) is 0.555. The van der Waals surface area contributed by atoms with Crippen LogP contribution >= 0.6 is 0 Å². The second-order valence-corrected chi connectivity index (χ2v) is 2.38. The standard InChI is InChI=1S/C6H8FNO2/c1-3(9)5-2-4(7)6(10)8-5/h4-5H,2H2,1H3,(H,8,10). The van der Waals surface area contributed by atoms with Crippen LogP contribution in [0.1, 0.15) is 13.3 Å². The lowest BCUT2D eigenvalue weighted by atomic mass is 10.1. The van der Waals surface area contributed by atoms with Crippen LogP contribution in [0, 0.1) is 0 Å². The van der Waals surface area contributed by atoms with Crippen molar-refractivity contribution in [2.75, 3.05) is 0 Å². The number of amides is 1. The van der Waals surface area contributed by atoms with Gasteiger partial charge < -0.3 is 5.32 Å². The Kier molecular flexibility index (Phi) is 1.70. The van der Waals surface area contributed by atoms with E-state index in [1.807, 2.05) is 0 Å². The summed E-state index contributed by atoms with van der Waals surface area (Å²) < 4.78 is 12.4. The molecule has 1 amide bonds. The molecule has 1 rings (SSSR count). The maximum absolute atomic E-state index is 12.4. The van der Waals surface area contributed by atoms with Gasteiger partial charge in [0.2, 0.25) is 0 Å². The van der Waals surface area contributed by atoms with Crippen LogP contribution in [0.3, 0.4) is 0 Å². The summed E-state index contributed by atoms with van der Waals surface area (Å²) in [6.45, 7) is 1.34. The average Bonchev–Trinajstić information content (AvgIpc) is 2.13. The summed E-state index contributed by atoms with van der Waals surface area (Å²) in [7, 11) is 0. The number of rotatable bonds is 1. The Morgan fingerprint density at radius 3 is 2.60 bits per heavy atom. The molecule has 0 aliphatic carbocycles. The third-order valence-corrected chi connectivity index (χ3v) is 1.53. The molecule has 1 N–H and O–H groups in total. The molecule has 10 heavy (non-hydrogen) atoms. The van der Waals surface area contributed by atoms with E-state index >= 15 is 0 Å². The van der Waals surface area contributed by atoms with E-state index in [1.54, 1.807) is 0 Å². The van der Waals surface area contributed by atoms with Gasteiger partial charge in [0.1, 0.15) is 0 Å². The van der Waals surface area contributed by atoms with Crippen molar-refractivity contribution in [3.8, 4) is 0 Å². The van der Waals surface area contributed by atoms with Gasteiger partial charge in [0.15, 0.2) is 12.0 Å². The normalized spacial score (nSPS) is 32.0. The molecule has 0 bridgehead atoms. The predicted molar refractivity (Wildman–Crippen MR) is 32.1 cm³/mol. The first-order chi connectivity index (χ1) is 4.61. The number of halogens is 1. The Labute approximate surface area is 57.6 Å². The van der Waals surface area contributed by atoms with Crippen LogP contribution in [0.4, 0.5) is 4.39 Å². The third kappa shape index (κ3) is 1.15. The molecule has 1 aliphatic rings. The van der Waals surface area contributed by atoms with Crippen molar-refractivity contribution in [2.45, 2.75) is 25.6 Å². The molecule has 0 aromatic heterocycles. The van der Waals surface area contributed by atoms with E-state index in [9.17, 15) is 14.0 Å². The fourth-order valence-electron chi connectivity index (χ4n) is 0.903. The Morgan fingerprint density at radius 1 is 1.80 bits per heavy atom. The second kappa shape index (κ2) is 2.36. The minimum atomic E-state index is -1.49. The Hall–Kier alpha value is -0.930. The van der Waals surface area contributed by atoms with Crippen LogP contribution in [0.2, 0.25) is 0 Å². The largest absolute Gasteiger partial charge is 0.344 e. The number of carbonyl (C=O) groups is 2. The first kappa shape index (κ1) is 7.18. The molecule has 1 saturated heterocycles. The number of alkyl halides is 1. The van der Waals surface area contributed by atoms with Gasteiger partial charge in [-0.3, -0.25) is 9.59 Å². The summed E-state index contributed by atoms with van der Waals surface area (Å²) in [4.78, 5) is 21.0. The van der Waals surface area contributed by atoms with Crippen LogP contribution in [-0.4, -0.2) is 23.9 Å². The first-order valence-electron chi connectivity index (χ1n) is 3.06. The van der Waals surface area contributed by atoms with Crippen molar-refractivity contribution in [2.24, 2.45) is 0 Å². The number of ketones is 1. The topological polar surface area (TPSA) is 46.2 Å². The average molecular weight is 145 g/mol. The second-order valence-electron chi connectivity index (χ2n) is 2.38. The molecular formula is C6H8FNO2. The fraction of sp³-hybridized carbons (Fsp3) is 0.667. The van der Waals surface area contributed by atoms with Gasteiger partial charge in [-0.2, -0.15) is 0 Å². The fourth-order valence-corrected chi connectivity index (χ4v) is 0.903. The number of Topliss-reactive ketones (excluding diaryl/α,β-unsaturated/α-hetero) is 1. The highest BCUT2D eigenvalue weighted by molar-refractivity contribution is 5.92. The van der Waals surface area contributed by atoms with Crippen molar-refractivity contribution in [1.29, 1.82) is 0 Å². The lowest BCUT2D eigenvalue weighted by molar-refractivity contribution is -0.125. The van der Waals surface area contributed by atoms with Gasteiger partial charge in [-0.05, 0) is 6.92 Å². The van der Waals surface area contributed by atoms with Crippen molar-refractivity contribution in [1.82, 2.24) is 5.32 Å². The van der Waals surface area contributed by atoms with Crippen molar-refractivity contribution >= 4 is 11.7 Å². The van der Waals surface area contributed by atoms with Crippen LogP contribution in [0.25, 0.3) is 0 Å². The minimum Gasteiger partial charge on any atom is -0.344 e. The zero-order valence-corrected chi connectivity index (χ0v) is 5.56. The Morgan fingerprint density at radius 2 is 2.40 bits per heavy atom. The lowest BCUT2D eigenvalue weighted by Gasteiger charge is -2.01. The maximum Gasteiger partial charge on any atom is 0.255 e. The highest BCUT2D eigenvalue weighted by Crippen LogP contribution is 2.11. The summed E-state index contributed by atoms with van der Waals surface area (Å²) >= 11 is 0. The SMILES string of the molecule is CC(=O)C1CC(F)C(=O)N1. The number of carbonyl (C=O) groups excluding carboxylic acids is 2. The molecule has 2 atom stereocenters. The Balaban J connectivity index is 2.57. The molecular weight excluding hydrogens is 137 g/mol. The summed E-state index contributed by atoms with van der Waals surface area (Å²) in [6.07, 6.45) is -1.50. The number of hydrogen-bond acceptors (Lipinski definition) is 2. The highest BCUT2D eigenvalue weighted by atomic mass is 19.1. The highest BCUT2D eigenvalue weighted by Gasteiger charge is 2.33. The van der Waals surface area contributed by atoms with E-state index in [0.29, 0.717) is 0 Å². The molecule has 1 aliphatic heterocycles. The van der Waals surface area contributed by atoms with Gasteiger partial charge in [0, 0.05) is 6.42 Å². The van der Waals surface area contributed by atoms with Gasteiger partial charge in [0.25, 0.3) is 5.91 Å². The summed E-state index contributed by atoms with van der Waals surface area (Å²) in [6, 6.07) is -0.595. The van der Waals surface area contributed by atoms with Crippen LogP contribution in [0.5, 0.6) is 0 Å². The van der Waals surface area contributed by atoms with Crippen molar-refractivity contribution < 1.29 is 14.0 Å². The molecule has 1 heterocycles. The minimum absolute atomic E-state index is 0.00579. The molecule has 0 spiro atoms. The van der Waals surface area contributed by atoms with Gasteiger partial charge in [0.05, 0.1) is 6.04 Å². The molecule has 2 unspecified atom stereocenters. The van der Waals surface area contributed by atoms with Gasteiger partial charge in [-0.1, -0.05) is 0 Å². The van der Waals surface area contributed by atoms with E-state index in [4.69, 9.17) is 0 Å². The van der Waals surface area contributed by atoms with Crippen LogP contribution < -0.4 is 5.32 Å². The molecule has 0 radical (unpaired) electrons. The first-order valence-corrected chi connectivity index (χ1v) is 3.06. The smallest absolute Gasteiger partial charge is 0.255 e. The molecule has 0 aromatic rings. The van der Waals surface area contributed by atoms with Crippen LogP contribution in [-0.2, 0) is 9.59 Å². The Bertz CT molecular complexity index is 181. The monoisotopic (exact) mass is 145 g/mol. The zero-order valence-electron chi connectivity index (χ0n) is 5.56. The van der Waals surface area contributed by atoms with E-state index in [0.717, 1.165) is 0 Å². The van der Waals surface area contributed by atoms with Crippen LogP contribution in [0.15, 0.2) is 0 Å². The van der Waals surface area contributed by atoms with Crippen molar-refractivity contribution in [3.05, 3.63) is 0 Å². The maximum atomic E-state index is 12.4. The summed E-state index contributed by atoms with van der Waals surface area (Å²) in [5.74, 6) is -0.853. The molecule has 3 nitrogen and oxygen atoms in total. The van der Waals surface area contributed by atoms with Gasteiger partial charge in [-0.15, -0.1) is 0 Å². The molecule has 4 heteroatoms. The summed E-state index contributed by atoms with van der Waals surface area (Å²) in [5.41, 5.74) is 0. The molecule has 0 aromatic carbocycles. The zero-order chi connectivity index (χ0) is 7.72. The number of hydrogen-bond donors (Lipinski definition) is 1. The van der Waals surface area contributed by atoms with E-state index in [2.05, 4.69) is 5.32 Å². The summed E-state index contributed by atoms with van der Waals surface area (Å²) in [5, 5.41) is 2.24. The van der Waals surface area contributed by atoms with Gasteiger partial charge in [-0.25, -0.2) is 4.39 Å². The molecule has 1 fully saturated rings. The lowest BCUT2D eigenvalue weighted by Crippen LogP contribution is -2.31. The van der Waals surface area contributed by atoms with Gasteiger partial charge >= 0.3 is 0 Å².